The van der Waals surface area contributed by atoms with Gasteiger partial charge in [0.15, 0.2) is 5.82 Å². The van der Waals surface area contributed by atoms with Crippen molar-refractivity contribution in [2.75, 3.05) is 0 Å². The summed E-state index contributed by atoms with van der Waals surface area (Å²) in [6, 6.07) is 8.70. The van der Waals surface area contributed by atoms with Crippen molar-refractivity contribution in [2.45, 2.75) is 26.4 Å². The van der Waals surface area contributed by atoms with Gasteiger partial charge in [-0.3, -0.25) is 4.98 Å². The van der Waals surface area contributed by atoms with Crippen molar-refractivity contribution in [2.24, 2.45) is 5.73 Å². The molecule has 3 aromatic rings. The van der Waals surface area contributed by atoms with Crippen LogP contribution in [-0.4, -0.2) is 14.5 Å². The molecule has 2 aromatic heterocycles. The Morgan fingerprint density at radius 2 is 2.05 bits per heavy atom. The van der Waals surface area contributed by atoms with E-state index >= 15 is 0 Å². The van der Waals surface area contributed by atoms with E-state index in [9.17, 15) is 4.39 Å². The molecule has 0 amide bonds. The average Bonchev–Trinajstić information content (AvgIpc) is 2.85. The van der Waals surface area contributed by atoms with Crippen LogP contribution < -0.4 is 5.73 Å². The smallest absolute Gasteiger partial charge is 0.160 e. The molecule has 0 aliphatic heterocycles. The van der Waals surface area contributed by atoms with Gasteiger partial charge in [-0.1, -0.05) is 6.07 Å². The zero-order chi connectivity index (χ0) is 15.0. The van der Waals surface area contributed by atoms with Crippen LogP contribution in [0.1, 0.15) is 25.5 Å². The summed E-state index contributed by atoms with van der Waals surface area (Å²) in [7, 11) is 0. The molecule has 3 rings (SSSR count). The van der Waals surface area contributed by atoms with Gasteiger partial charge >= 0.3 is 0 Å². The summed E-state index contributed by atoms with van der Waals surface area (Å²) in [4.78, 5) is 8.97. The maximum Gasteiger partial charge on any atom is 0.160 e. The molecule has 0 spiro atoms. The van der Waals surface area contributed by atoms with E-state index < -0.39 is 0 Å². The summed E-state index contributed by atoms with van der Waals surface area (Å²) in [6.07, 6.45) is 1.75. The molecule has 2 heterocycles. The number of nitrogens with zero attached hydrogens (tertiary/aromatic N) is 3. The minimum absolute atomic E-state index is 0.200. The molecule has 0 fully saturated rings. The van der Waals surface area contributed by atoms with Crippen LogP contribution in [0.15, 0.2) is 36.5 Å². The van der Waals surface area contributed by atoms with Gasteiger partial charge in [0.25, 0.3) is 0 Å². The molecule has 2 N–H and O–H groups in total. The summed E-state index contributed by atoms with van der Waals surface area (Å²) in [5, 5.41) is 0. The minimum atomic E-state index is -0.283. The number of rotatable bonds is 3. The maximum atomic E-state index is 13.4. The first-order valence-electron chi connectivity index (χ1n) is 6.93. The van der Waals surface area contributed by atoms with Gasteiger partial charge in [-0.05, 0) is 37.6 Å². The van der Waals surface area contributed by atoms with Gasteiger partial charge in [0.05, 0.1) is 11.0 Å². The summed E-state index contributed by atoms with van der Waals surface area (Å²) in [5.74, 6) is 0.461. The molecule has 1 aromatic carbocycles. The van der Waals surface area contributed by atoms with E-state index in [4.69, 9.17) is 5.73 Å². The Labute approximate surface area is 122 Å². The van der Waals surface area contributed by atoms with E-state index in [1.165, 1.54) is 12.1 Å². The molecule has 0 aliphatic rings. The molecular weight excluding hydrogens is 267 g/mol. The number of nitrogens with two attached hydrogens (primary N) is 1. The molecule has 108 valence electrons. The standard InChI is InChI=1S/C16H17FN4/c1-10(2)21-15-6-4-12(17)7-14(15)20-16(21)13-5-3-11(8-18)9-19-13/h3-7,9-10H,8,18H2,1-2H3. The zero-order valence-electron chi connectivity index (χ0n) is 12.0. The van der Waals surface area contributed by atoms with E-state index in [0.29, 0.717) is 12.1 Å². The Bertz CT molecular complexity index is 775. The summed E-state index contributed by atoms with van der Waals surface area (Å²) in [5.41, 5.74) is 8.87. The van der Waals surface area contributed by atoms with Crippen LogP contribution in [0.3, 0.4) is 0 Å². The molecule has 4 nitrogen and oxygen atoms in total. The quantitative estimate of drug-likeness (QED) is 0.803. The van der Waals surface area contributed by atoms with Crippen LogP contribution in [0.2, 0.25) is 0 Å². The normalized spacial score (nSPS) is 11.5. The fraction of sp³-hybridized carbons (Fsp3) is 0.250. The third-order valence-electron chi connectivity index (χ3n) is 3.46. The molecule has 0 atom stereocenters. The lowest BCUT2D eigenvalue weighted by Gasteiger charge is -2.12. The fourth-order valence-electron chi connectivity index (χ4n) is 2.45. The second-order valence-corrected chi connectivity index (χ2v) is 5.29. The lowest BCUT2D eigenvalue weighted by Crippen LogP contribution is -2.04. The molecule has 5 heteroatoms. The largest absolute Gasteiger partial charge is 0.326 e. The van der Waals surface area contributed by atoms with Crippen LogP contribution in [0.25, 0.3) is 22.6 Å². The molecule has 0 bridgehead atoms. The van der Waals surface area contributed by atoms with Crippen molar-refractivity contribution in [1.29, 1.82) is 0 Å². The number of benzene rings is 1. The number of imidazole rings is 1. The van der Waals surface area contributed by atoms with Gasteiger partial charge in [-0.25, -0.2) is 9.37 Å². The fourth-order valence-corrected chi connectivity index (χ4v) is 2.45. The van der Waals surface area contributed by atoms with Crippen molar-refractivity contribution in [3.05, 3.63) is 47.9 Å². The minimum Gasteiger partial charge on any atom is -0.326 e. The third kappa shape index (κ3) is 2.40. The molecule has 0 saturated heterocycles. The van der Waals surface area contributed by atoms with Gasteiger partial charge in [0.2, 0.25) is 0 Å². The topological polar surface area (TPSA) is 56.7 Å². The predicted molar refractivity (Wildman–Crippen MR) is 81.2 cm³/mol. The number of fused-ring (bicyclic) bond motifs is 1. The number of hydrogen-bond acceptors (Lipinski definition) is 3. The highest BCUT2D eigenvalue weighted by atomic mass is 19.1. The highest BCUT2D eigenvalue weighted by Crippen LogP contribution is 2.27. The predicted octanol–water partition coefficient (Wildman–Crippen LogP) is 3.28. The van der Waals surface area contributed by atoms with Crippen molar-refractivity contribution in [3.8, 4) is 11.5 Å². The van der Waals surface area contributed by atoms with Gasteiger partial charge in [0, 0.05) is 24.8 Å². The molecule has 21 heavy (non-hydrogen) atoms. The lowest BCUT2D eigenvalue weighted by molar-refractivity contribution is 0.619. The second-order valence-electron chi connectivity index (χ2n) is 5.29. The average molecular weight is 284 g/mol. The van der Waals surface area contributed by atoms with E-state index in [1.54, 1.807) is 12.3 Å². The Hall–Kier alpha value is -2.27. The Morgan fingerprint density at radius 1 is 1.24 bits per heavy atom. The van der Waals surface area contributed by atoms with Gasteiger partial charge < -0.3 is 10.3 Å². The van der Waals surface area contributed by atoms with Crippen LogP contribution in [0.5, 0.6) is 0 Å². The highest BCUT2D eigenvalue weighted by molar-refractivity contribution is 5.80. The Kier molecular flexibility index (Phi) is 3.43. The lowest BCUT2D eigenvalue weighted by atomic mass is 10.2. The molecule has 0 radical (unpaired) electrons. The molecule has 0 saturated carbocycles. The van der Waals surface area contributed by atoms with E-state index in [-0.39, 0.29) is 11.9 Å². The maximum absolute atomic E-state index is 13.4. The van der Waals surface area contributed by atoms with Gasteiger partial charge in [0.1, 0.15) is 11.5 Å². The first-order chi connectivity index (χ1) is 10.1. The first-order valence-corrected chi connectivity index (χ1v) is 6.93. The van der Waals surface area contributed by atoms with Crippen LogP contribution in [0, 0.1) is 5.82 Å². The van der Waals surface area contributed by atoms with Crippen molar-refractivity contribution in [3.63, 3.8) is 0 Å². The van der Waals surface area contributed by atoms with Crippen LogP contribution in [-0.2, 0) is 6.54 Å². The van der Waals surface area contributed by atoms with Crippen molar-refractivity contribution in [1.82, 2.24) is 14.5 Å². The second kappa shape index (κ2) is 5.26. The number of aromatic nitrogens is 3. The van der Waals surface area contributed by atoms with E-state index in [0.717, 1.165) is 22.6 Å². The number of halogens is 1. The SMILES string of the molecule is CC(C)n1c(-c2ccc(CN)cn2)nc2cc(F)ccc21. The summed E-state index contributed by atoms with van der Waals surface area (Å²) >= 11 is 0. The van der Waals surface area contributed by atoms with E-state index in [2.05, 4.69) is 28.4 Å². The summed E-state index contributed by atoms with van der Waals surface area (Å²) in [6.45, 7) is 4.60. The van der Waals surface area contributed by atoms with Crippen LogP contribution in [0.4, 0.5) is 4.39 Å². The Balaban J connectivity index is 2.22. The van der Waals surface area contributed by atoms with Crippen molar-refractivity contribution >= 4 is 11.0 Å². The van der Waals surface area contributed by atoms with Gasteiger partial charge in [-0.2, -0.15) is 0 Å². The summed E-state index contributed by atoms with van der Waals surface area (Å²) < 4.78 is 15.5. The van der Waals surface area contributed by atoms with Crippen molar-refractivity contribution < 1.29 is 4.39 Å². The van der Waals surface area contributed by atoms with Gasteiger partial charge in [-0.15, -0.1) is 0 Å². The van der Waals surface area contributed by atoms with E-state index in [1.807, 2.05) is 12.1 Å². The van der Waals surface area contributed by atoms with Crippen LogP contribution >= 0.6 is 0 Å². The zero-order valence-corrected chi connectivity index (χ0v) is 12.0. The highest BCUT2D eigenvalue weighted by Gasteiger charge is 2.16. The third-order valence-corrected chi connectivity index (χ3v) is 3.46. The first kappa shape index (κ1) is 13.7. The number of hydrogen-bond donors (Lipinski definition) is 1. The monoisotopic (exact) mass is 284 g/mol. The number of pyridine rings is 1. The molecular formula is C16H17FN4. The Morgan fingerprint density at radius 3 is 2.67 bits per heavy atom. The molecule has 0 aliphatic carbocycles. The molecule has 0 unspecified atom stereocenters.